The normalized spacial score (nSPS) is 36.6. The van der Waals surface area contributed by atoms with E-state index >= 15 is 0 Å². The third kappa shape index (κ3) is 2.97. The molecule has 1 saturated carbocycles. The lowest BCUT2D eigenvalue weighted by molar-refractivity contribution is -0.276. The van der Waals surface area contributed by atoms with Crippen LogP contribution in [0.2, 0.25) is 0 Å². The number of imide groups is 1. The molecule has 29 heavy (non-hydrogen) atoms. The van der Waals surface area contributed by atoms with Gasteiger partial charge in [-0.1, -0.05) is 26.8 Å². The SMILES string of the molecule is CCCN1C(=O)[C@H]2[C@H](C[C@H](C(C)C)[C@@]3(O)O[C@H](c4ccc(O)c(F)c4)C[C@@H]23)C1=O. The smallest absolute Gasteiger partial charge is 0.233 e. The summed E-state index contributed by atoms with van der Waals surface area (Å²) in [7, 11) is 0. The van der Waals surface area contributed by atoms with Crippen molar-refractivity contribution >= 4 is 11.8 Å². The van der Waals surface area contributed by atoms with Gasteiger partial charge in [-0.2, -0.15) is 0 Å². The third-order valence-corrected chi connectivity index (χ3v) is 6.97. The summed E-state index contributed by atoms with van der Waals surface area (Å²) in [6.45, 7) is 6.25. The number of nitrogens with zero attached hydrogens (tertiary/aromatic N) is 1. The predicted molar refractivity (Wildman–Crippen MR) is 102 cm³/mol. The zero-order chi connectivity index (χ0) is 21.1. The van der Waals surface area contributed by atoms with Crippen LogP contribution >= 0.6 is 0 Å². The molecule has 2 heterocycles. The molecule has 2 N–H and O–H groups in total. The second kappa shape index (κ2) is 7.06. The summed E-state index contributed by atoms with van der Waals surface area (Å²) in [6.07, 6.45) is 0.801. The maximum atomic E-state index is 13.9. The number of benzene rings is 1. The lowest BCUT2D eigenvalue weighted by Crippen LogP contribution is -2.55. The zero-order valence-corrected chi connectivity index (χ0v) is 17.0. The van der Waals surface area contributed by atoms with E-state index in [0.717, 1.165) is 0 Å². The molecule has 0 unspecified atom stereocenters. The highest BCUT2D eigenvalue weighted by Crippen LogP contribution is 2.59. The number of amides is 2. The van der Waals surface area contributed by atoms with E-state index in [9.17, 15) is 24.2 Å². The van der Waals surface area contributed by atoms with Crippen LogP contribution < -0.4 is 0 Å². The maximum Gasteiger partial charge on any atom is 0.233 e. The van der Waals surface area contributed by atoms with Gasteiger partial charge in [-0.3, -0.25) is 14.5 Å². The van der Waals surface area contributed by atoms with Crippen LogP contribution in [0.4, 0.5) is 4.39 Å². The van der Waals surface area contributed by atoms with Gasteiger partial charge < -0.3 is 14.9 Å². The topological polar surface area (TPSA) is 87.1 Å². The largest absolute Gasteiger partial charge is 0.505 e. The molecule has 2 aliphatic heterocycles. The van der Waals surface area contributed by atoms with Crippen molar-refractivity contribution in [3.63, 3.8) is 0 Å². The summed E-state index contributed by atoms with van der Waals surface area (Å²) in [4.78, 5) is 27.4. The van der Waals surface area contributed by atoms with Crippen LogP contribution in [0.1, 0.15) is 51.7 Å². The minimum absolute atomic E-state index is 0.0434. The Bertz CT molecular complexity index is 842. The van der Waals surface area contributed by atoms with Crippen molar-refractivity contribution < 1.29 is 28.9 Å². The van der Waals surface area contributed by atoms with E-state index in [2.05, 4.69) is 0 Å². The number of aliphatic hydroxyl groups is 1. The van der Waals surface area contributed by atoms with Gasteiger partial charge in [-0.15, -0.1) is 0 Å². The van der Waals surface area contributed by atoms with Crippen LogP contribution in [0.3, 0.4) is 0 Å². The molecule has 3 fully saturated rings. The van der Waals surface area contributed by atoms with Gasteiger partial charge in [0, 0.05) is 18.4 Å². The first-order valence-corrected chi connectivity index (χ1v) is 10.4. The van der Waals surface area contributed by atoms with Crippen molar-refractivity contribution in [1.82, 2.24) is 4.90 Å². The molecule has 0 spiro atoms. The fourth-order valence-electron chi connectivity index (χ4n) is 5.61. The van der Waals surface area contributed by atoms with E-state index in [4.69, 9.17) is 4.74 Å². The van der Waals surface area contributed by atoms with Gasteiger partial charge in [-0.05, 0) is 42.9 Å². The molecule has 7 heteroatoms. The number of hydrogen-bond acceptors (Lipinski definition) is 5. The van der Waals surface area contributed by atoms with E-state index in [-0.39, 0.29) is 23.7 Å². The van der Waals surface area contributed by atoms with E-state index in [0.29, 0.717) is 31.4 Å². The molecule has 6 atom stereocenters. The Morgan fingerprint density at radius 3 is 2.62 bits per heavy atom. The van der Waals surface area contributed by atoms with Gasteiger partial charge >= 0.3 is 0 Å². The highest BCUT2D eigenvalue weighted by molar-refractivity contribution is 6.05. The van der Waals surface area contributed by atoms with Gasteiger partial charge in [0.05, 0.1) is 17.9 Å². The minimum atomic E-state index is -1.55. The summed E-state index contributed by atoms with van der Waals surface area (Å²) >= 11 is 0. The Morgan fingerprint density at radius 2 is 2.00 bits per heavy atom. The van der Waals surface area contributed by atoms with Crippen LogP contribution in [0, 0.1) is 35.4 Å². The molecule has 6 nitrogen and oxygen atoms in total. The fourth-order valence-corrected chi connectivity index (χ4v) is 5.61. The zero-order valence-electron chi connectivity index (χ0n) is 17.0. The second-order valence-corrected chi connectivity index (χ2v) is 8.96. The van der Waals surface area contributed by atoms with Gasteiger partial charge in [0.2, 0.25) is 11.8 Å². The van der Waals surface area contributed by atoms with E-state index in [1.54, 1.807) is 6.07 Å². The van der Waals surface area contributed by atoms with Crippen LogP contribution in [0.15, 0.2) is 18.2 Å². The molecular formula is C22H28FNO5. The summed E-state index contributed by atoms with van der Waals surface area (Å²) in [5.74, 6) is -4.97. The fraction of sp³-hybridized carbons (Fsp3) is 0.636. The van der Waals surface area contributed by atoms with Crippen LogP contribution in [0.5, 0.6) is 5.75 Å². The lowest BCUT2D eigenvalue weighted by atomic mass is 9.62. The average Bonchev–Trinajstić information content (AvgIpc) is 3.13. The number of halogens is 1. The number of likely N-dealkylation sites (tertiary alicyclic amines) is 1. The highest BCUT2D eigenvalue weighted by atomic mass is 19.1. The van der Waals surface area contributed by atoms with E-state index < -0.39 is 41.2 Å². The number of carbonyl (C=O) groups is 2. The number of phenolic OH excluding ortho intramolecular Hbond substituents is 1. The van der Waals surface area contributed by atoms with Gasteiger partial charge in [0.1, 0.15) is 0 Å². The first-order valence-electron chi connectivity index (χ1n) is 10.4. The monoisotopic (exact) mass is 405 g/mol. The number of fused-ring (bicyclic) bond motifs is 3. The molecule has 0 bridgehead atoms. The molecule has 0 radical (unpaired) electrons. The number of phenols is 1. The van der Waals surface area contributed by atoms with Gasteiger partial charge in [-0.25, -0.2) is 4.39 Å². The Hall–Kier alpha value is -1.99. The lowest BCUT2D eigenvalue weighted by Gasteiger charge is -2.46. The van der Waals surface area contributed by atoms with Crippen molar-refractivity contribution in [3.8, 4) is 5.75 Å². The van der Waals surface area contributed by atoms with Crippen LogP contribution in [-0.4, -0.2) is 39.3 Å². The van der Waals surface area contributed by atoms with Crippen molar-refractivity contribution in [1.29, 1.82) is 0 Å². The van der Waals surface area contributed by atoms with Crippen molar-refractivity contribution in [2.45, 2.75) is 51.9 Å². The van der Waals surface area contributed by atoms with E-state index in [1.807, 2.05) is 20.8 Å². The van der Waals surface area contributed by atoms with Gasteiger partial charge in [0.15, 0.2) is 17.4 Å². The number of hydrogen-bond donors (Lipinski definition) is 2. The highest BCUT2D eigenvalue weighted by Gasteiger charge is 2.66. The first-order chi connectivity index (χ1) is 13.7. The van der Waals surface area contributed by atoms with Crippen molar-refractivity contribution in [2.24, 2.45) is 29.6 Å². The Labute approximate surface area is 169 Å². The second-order valence-electron chi connectivity index (χ2n) is 8.96. The third-order valence-electron chi connectivity index (χ3n) is 6.97. The average molecular weight is 405 g/mol. The number of aromatic hydroxyl groups is 1. The van der Waals surface area contributed by atoms with Crippen LogP contribution in [-0.2, 0) is 14.3 Å². The summed E-state index contributed by atoms with van der Waals surface area (Å²) in [5, 5.41) is 21.1. The molecule has 0 aromatic heterocycles. The summed E-state index contributed by atoms with van der Waals surface area (Å²) in [5.41, 5.74) is 0.504. The molecule has 1 aliphatic carbocycles. The molecule has 4 rings (SSSR count). The number of ether oxygens (including phenoxy) is 1. The molecule has 3 aliphatic rings. The first kappa shape index (κ1) is 20.3. The van der Waals surface area contributed by atoms with Crippen molar-refractivity contribution in [3.05, 3.63) is 29.6 Å². The maximum absolute atomic E-state index is 13.9. The van der Waals surface area contributed by atoms with Gasteiger partial charge in [0.25, 0.3) is 0 Å². The molecule has 1 aromatic carbocycles. The quantitative estimate of drug-likeness (QED) is 0.752. The van der Waals surface area contributed by atoms with E-state index in [1.165, 1.54) is 17.0 Å². The number of rotatable bonds is 4. The van der Waals surface area contributed by atoms with Crippen molar-refractivity contribution in [2.75, 3.05) is 6.54 Å². The summed E-state index contributed by atoms with van der Waals surface area (Å²) in [6, 6.07) is 4.03. The molecule has 2 amide bonds. The van der Waals surface area contributed by atoms with Crippen LogP contribution in [0.25, 0.3) is 0 Å². The standard InChI is InChI=1S/C22H28FNO5/c1-4-7-24-20(26)13-9-14(11(2)3)22(28)15(19(13)21(24)27)10-18(29-22)12-5-6-17(25)16(23)8-12/h5-6,8,11,13-15,18-19,25,28H,4,7,9-10H2,1-3H3/t13-,14+,15-,18-,19-,22+/m0/s1. The molecular weight excluding hydrogens is 377 g/mol. The predicted octanol–water partition coefficient (Wildman–Crippen LogP) is 2.98. The number of carbonyl (C=O) groups excluding carboxylic acids is 2. The Balaban J connectivity index is 1.72. The molecule has 158 valence electrons. The molecule has 2 saturated heterocycles. The Kier molecular flexibility index (Phi) is 4.94. The Morgan fingerprint density at radius 1 is 1.28 bits per heavy atom. The summed E-state index contributed by atoms with van der Waals surface area (Å²) < 4.78 is 20.0. The molecule has 1 aromatic rings. The minimum Gasteiger partial charge on any atom is -0.505 e.